The normalized spacial score (nSPS) is 23.1. The summed E-state index contributed by atoms with van der Waals surface area (Å²) in [5.41, 5.74) is -1.16. The number of aromatic carboxylic acids is 1. The van der Waals surface area contributed by atoms with Crippen molar-refractivity contribution in [1.82, 2.24) is 0 Å². The summed E-state index contributed by atoms with van der Waals surface area (Å²) in [5.74, 6) is -1.39. The summed E-state index contributed by atoms with van der Waals surface area (Å²) in [5, 5.41) is 9.31. The average Bonchev–Trinajstić information content (AvgIpc) is 3.47. The number of carboxylic acid groups (broad SMARTS) is 1. The predicted molar refractivity (Wildman–Crippen MR) is 121 cm³/mol. The van der Waals surface area contributed by atoms with E-state index in [0.717, 1.165) is 6.07 Å². The molecular formula is C27H20F3NO3. The first-order valence-corrected chi connectivity index (χ1v) is 10.7. The van der Waals surface area contributed by atoms with Crippen LogP contribution in [0.25, 0.3) is 0 Å². The highest BCUT2D eigenvalue weighted by Gasteiger charge is 2.76. The van der Waals surface area contributed by atoms with Crippen molar-refractivity contribution in [3.63, 3.8) is 0 Å². The molecule has 0 radical (unpaired) electrons. The van der Waals surface area contributed by atoms with Crippen LogP contribution in [0.2, 0.25) is 0 Å². The molecule has 1 aliphatic carbocycles. The van der Waals surface area contributed by atoms with Crippen LogP contribution in [0.3, 0.4) is 0 Å². The molecule has 0 bridgehead atoms. The van der Waals surface area contributed by atoms with Gasteiger partial charge in [0.25, 0.3) is 0 Å². The van der Waals surface area contributed by atoms with Crippen molar-refractivity contribution in [2.75, 3.05) is 4.90 Å². The molecule has 1 amide bonds. The molecule has 0 aromatic heterocycles. The molecule has 1 N–H and O–H groups in total. The Morgan fingerprint density at radius 3 is 2.38 bits per heavy atom. The van der Waals surface area contributed by atoms with Gasteiger partial charge in [-0.2, -0.15) is 13.2 Å². The Balaban J connectivity index is 1.62. The molecule has 3 aromatic rings. The molecule has 1 aliphatic heterocycles. The smallest absolute Gasteiger partial charge is 0.416 e. The Morgan fingerprint density at radius 2 is 1.71 bits per heavy atom. The first-order valence-electron chi connectivity index (χ1n) is 10.7. The number of hydrogen-bond donors (Lipinski definition) is 1. The van der Waals surface area contributed by atoms with E-state index < -0.39 is 28.5 Å². The maximum absolute atomic E-state index is 14.0. The van der Waals surface area contributed by atoms with Crippen LogP contribution in [0.4, 0.5) is 18.9 Å². The van der Waals surface area contributed by atoms with Gasteiger partial charge in [-0.3, -0.25) is 4.79 Å². The molecule has 0 saturated heterocycles. The first kappa shape index (κ1) is 21.9. The molecule has 5 rings (SSSR count). The van der Waals surface area contributed by atoms with E-state index in [-0.39, 0.29) is 30.0 Å². The van der Waals surface area contributed by atoms with Crippen LogP contribution in [0.5, 0.6) is 0 Å². The zero-order chi connectivity index (χ0) is 24.3. The lowest BCUT2D eigenvalue weighted by atomic mass is 9.80. The molecule has 3 aromatic carbocycles. The SMILES string of the molecule is C=CC1(c2ccccc2C(F)(F)F)CC12C(=O)N(Cc1cccc(C(=O)O)c1)c1ccccc12. The molecule has 1 heterocycles. The molecule has 2 unspecified atom stereocenters. The van der Waals surface area contributed by atoms with Crippen LogP contribution >= 0.6 is 0 Å². The minimum Gasteiger partial charge on any atom is -0.478 e. The second-order valence-electron chi connectivity index (χ2n) is 8.71. The largest absolute Gasteiger partial charge is 0.478 e. The summed E-state index contributed by atoms with van der Waals surface area (Å²) in [6, 6.07) is 18.7. The van der Waals surface area contributed by atoms with Gasteiger partial charge in [0.15, 0.2) is 0 Å². The van der Waals surface area contributed by atoms with Gasteiger partial charge in [-0.25, -0.2) is 4.79 Å². The van der Waals surface area contributed by atoms with Gasteiger partial charge in [-0.05, 0) is 47.4 Å². The van der Waals surface area contributed by atoms with Gasteiger partial charge in [0.05, 0.1) is 23.1 Å². The van der Waals surface area contributed by atoms with Gasteiger partial charge in [-0.15, -0.1) is 6.58 Å². The van der Waals surface area contributed by atoms with Crippen molar-refractivity contribution in [2.45, 2.75) is 30.0 Å². The number of amides is 1. The van der Waals surface area contributed by atoms with Gasteiger partial charge in [0, 0.05) is 11.1 Å². The van der Waals surface area contributed by atoms with Crippen molar-refractivity contribution in [3.8, 4) is 0 Å². The van der Waals surface area contributed by atoms with Crippen LogP contribution in [0.15, 0.2) is 85.5 Å². The Kier molecular flexibility index (Phi) is 4.72. The van der Waals surface area contributed by atoms with E-state index in [1.807, 2.05) is 0 Å². The second-order valence-corrected chi connectivity index (χ2v) is 8.71. The Bertz CT molecular complexity index is 1350. The fourth-order valence-corrected chi connectivity index (χ4v) is 5.44. The summed E-state index contributed by atoms with van der Waals surface area (Å²) in [7, 11) is 0. The van der Waals surface area contributed by atoms with E-state index in [0.29, 0.717) is 16.8 Å². The van der Waals surface area contributed by atoms with Crippen molar-refractivity contribution < 1.29 is 27.9 Å². The summed E-state index contributed by atoms with van der Waals surface area (Å²) < 4.78 is 41.7. The molecule has 34 heavy (non-hydrogen) atoms. The van der Waals surface area contributed by atoms with Crippen LogP contribution < -0.4 is 4.90 Å². The van der Waals surface area contributed by atoms with Crippen molar-refractivity contribution in [1.29, 1.82) is 0 Å². The summed E-state index contributed by atoms with van der Waals surface area (Å²) in [6.45, 7) is 3.96. The van der Waals surface area contributed by atoms with E-state index in [9.17, 15) is 27.9 Å². The van der Waals surface area contributed by atoms with Gasteiger partial charge < -0.3 is 10.0 Å². The number of fused-ring (bicyclic) bond motifs is 2. The third-order valence-corrected chi connectivity index (χ3v) is 7.02. The fourth-order valence-electron chi connectivity index (χ4n) is 5.44. The standard InChI is InChI=1S/C27H20F3NO3/c1-2-25(19-10-3-4-11-20(19)27(28,29)30)16-26(25)21-12-5-6-13-22(21)31(24(26)34)15-17-8-7-9-18(14-17)23(32)33/h2-14H,1,15-16H2,(H,32,33). The Labute approximate surface area is 194 Å². The van der Waals surface area contributed by atoms with E-state index in [1.165, 1.54) is 35.2 Å². The summed E-state index contributed by atoms with van der Waals surface area (Å²) in [6.07, 6.45) is -2.92. The minimum atomic E-state index is -4.57. The molecule has 7 heteroatoms. The maximum Gasteiger partial charge on any atom is 0.416 e. The second kappa shape index (κ2) is 7.32. The number of carbonyl (C=O) groups excluding carboxylic acids is 1. The third-order valence-electron chi connectivity index (χ3n) is 7.02. The Hall–Kier alpha value is -3.87. The van der Waals surface area contributed by atoms with Crippen LogP contribution in [0, 0.1) is 0 Å². The first-order chi connectivity index (χ1) is 16.2. The predicted octanol–water partition coefficient (Wildman–Crippen LogP) is 5.72. The van der Waals surface area contributed by atoms with Crippen LogP contribution in [-0.2, 0) is 28.3 Å². The third kappa shape index (κ3) is 2.93. The molecule has 1 fully saturated rings. The minimum absolute atomic E-state index is 0.0374. The molecule has 1 spiro atoms. The van der Waals surface area contributed by atoms with E-state index in [1.54, 1.807) is 42.5 Å². The number of nitrogens with zero attached hydrogens (tertiary/aromatic N) is 1. The molecule has 1 saturated carbocycles. The van der Waals surface area contributed by atoms with Gasteiger partial charge in [-0.1, -0.05) is 54.6 Å². The van der Waals surface area contributed by atoms with E-state index in [4.69, 9.17) is 0 Å². The lowest BCUT2D eigenvalue weighted by molar-refractivity contribution is -0.138. The molecular weight excluding hydrogens is 443 g/mol. The number of rotatable bonds is 5. The quantitative estimate of drug-likeness (QED) is 0.493. The number of benzene rings is 3. The topological polar surface area (TPSA) is 57.6 Å². The highest BCUT2D eigenvalue weighted by Crippen LogP contribution is 2.72. The number of allylic oxidation sites excluding steroid dienone is 1. The highest BCUT2D eigenvalue weighted by atomic mass is 19.4. The number of alkyl halides is 3. The monoisotopic (exact) mass is 463 g/mol. The number of halogens is 3. The lowest BCUT2D eigenvalue weighted by Crippen LogP contribution is -2.36. The highest BCUT2D eigenvalue weighted by molar-refractivity contribution is 6.13. The van der Waals surface area contributed by atoms with Gasteiger partial charge in [0.1, 0.15) is 0 Å². The van der Waals surface area contributed by atoms with Crippen molar-refractivity contribution in [3.05, 3.63) is 113 Å². The van der Waals surface area contributed by atoms with Gasteiger partial charge in [0.2, 0.25) is 5.91 Å². The zero-order valence-corrected chi connectivity index (χ0v) is 18.0. The fraction of sp³-hybridized carbons (Fsp3) is 0.185. The summed E-state index contributed by atoms with van der Waals surface area (Å²) in [4.78, 5) is 26.9. The Morgan fingerprint density at radius 1 is 1.03 bits per heavy atom. The zero-order valence-electron chi connectivity index (χ0n) is 18.0. The van der Waals surface area contributed by atoms with Crippen molar-refractivity contribution >= 4 is 17.6 Å². The van der Waals surface area contributed by atoms with E-state index in [2.05, 4.69) is 6.58 Å². The molecule has 4 nitrogen and oxygen atoms in total. The number of para-hydroxylation sites is 1. The molecule has 2 aliphatic rings. The van der Waals surface area contributed by atoms with E-state index >= 15 is 0 Å². The lowest BCUT2D eigenvalue weighted by Gasteiger charge is -2.24. The number of anilines is 1. The number of carboxylic acids is 1. The average molecular weight is 463 g/mol. The summed E-state index contributed by atoms with van der Waals surface area (Å²) >= 11 is 0. The number of hydrogen-bond acceptors (Lipinski definition) is 2. The number of carbonyl (C=O) groups is 2. The molecule has 172 valence electrons. The van der Waals surface area contributed by atoms with Gasteiger partial charge >= 0.3 is 12.1 Å². The van der Waals surface area contributed by atoms with Crippen LogP contribution in [-0.4, -0.2) is 17.0 Å². The van der Waals surface area contributed by atoms with Crippen LogP contribution in [0.1, 0.15) is 39.0 Å². The van der Waals surface area contributed by atoms with Crippen molar-refractivity contribution in [2.24, 2.45) is 0 Å². The maximum atomic E-state index is 14.0. The molecule has 2 atom stereocenters.